The molecule has 1 aromatic heterocycles. The van der Waals surface area contributed by atoms with Crippen LogP contribution in [0.1, 0.15) is 44.9 Å². The smallest absolute Gasteiger partial charge is 0.129 e. The number of hydrogen-bond acceptors (Lipinski definition) is 2. The van der Waals surface area contributed by atoms with Crippen molar-refractivity contribution in [2.75, 3.05) is 11.4 Å². The average molecular weight is 253 g/mol. The molecule has 0 spiro atoms. The number of halogens is 1. The minimum absolute atomic E-state index is 0.225. The Bertz CT molecular complexity index is 379. The van der Waals surface area contributed by atoms with Gasteiger partial charge in [0.15, 0.2) is 0 Å². The summed E-state index contributed by atoms with van der Waals surface area (Å²) in [5.41, 5.74) is 2.54. The molecule has 94 valence electrons. The lowest BCUT2D eigenvalue weighted by atomic mass is 10.0. The Morgan fingerprint density at radius 2 is 2.18 bits per heavy atom. The second-order valence-corrected chi connectivity index (χ2v) is 5.65. The number of rotatable bonds is 3. The predicted molar refractivity (Wildman–Crippen MR) is 73.8 cm³/mol. The molecular weight excluding hydrogens is 232 g/mol. The van der Waals surface area contributed by atoms with E-state index in [0.717, 1.165) is 24.5 Å². The normalized spacial score (nSPS) is 18.7. The zero-order valence-corrected chi connectivity index (χ0v) is 11.7. The van der Waals surface area contributed by atoms with Crippen LogP contribution >= 0.6 is 11.6 Å². The summed E-state index contributed by atoms with van der Waals surface area (Å²) in [6.45, 7) is 7.83. The quantitative estimate of drug-likeness (QED) is 0.762. The number of aryl methyl sites for hydroxylation is 1. The highest BCUT2D eigenvalue weighted by molar-refractivity contribution is 6.17. The summed E-state index contributed by atoms with van der Waals surface area (Å²) in [4.78, 5) is 7.16. The van der Waals surface area contributed by atoms with Gasteiger partial charge in [0, 0.05) is 23.7 Å². The van der Waals surface area contributed by atoms with Gasteiger partial charge in [0.1, 0.15) is 5.82 Å². The van der Waals surface area contributed by atoms with Crippen molar-refractivity contribution < 1.29 is 0 Å². The third-order valence-electron chi connectivity index (χ3n) is 3.62. The van der Waals surface area contributed by atoms with Crippen molar-refractivity contribution >= 4 is 17.4 Å². The van der Waals surface area contributed by atoms with Gasteiger partial charge in [-0.3, -0.25) is 0 Å². The van der Waals surface area contributed by atoms with E-state index in [9.17, 15) is 0 Å². The fourth-order valence-electron chi connectivity index (χ4n) is 2.56. The molecule has 0 radical (unpaired) electrons. The first-order valence-corrected chi connectivity index (χ1v) is 6.93. The summed E-state index contributed by atoms with van der Waals surface area (Å²) in [5, 5.41) is 0. The average Bonchev–Trinajstić information content (AvgIpc) is 2.68. The van der Waals surface area contributed by atoms with E-state index in [2.05, 4.69) is 37.8 Å². The van der Waals surface area contributed by atoms with E-state index in [4.69, 9.17) is 16.6 Å². The molecule has 0 aliphatic carbocycles. The Kier molecular flexibility index (Phi) is 3.62. The van der Waals surface area contributed by atoms with Crippen LogP contribution in [0.25, 0.3) is 0 Å². The van der Waals surface area contributed by atoms with Crippen molar-refractivity contribution in [3.63, 3.8) is 0 Å². The maximum absolute atomic E-state index is 5.96. The standard InChI is InChI=1S/C14H21ClN2/c1-4-12-8-11(10-15)9-13(16-12)17-7-5-6-14(17,2)3/h8-9H,4-7,10H2,1-3H3. The lowest BCUT2D eigenvalue weighted by Crippen LogP contribution is -2.38. The number of aromatic nitrogens is 1. The van der Waals surface area contributed by atoms with E-state index >= 15 is 0 Å². The first kappa shape index (κ1) is 12.7. The van der Waals surface area contributed by atoms with E-state index < -0.39 is 0 Å². The largest absolute Gasteiger partial charge is 0.351 e. The molecule has 1 saturated heterocycles. The lowest BCUT2D eigenvalue weighted by molar-refractivity contribution is 0.514. The molecule has 1 aliphatic heterocycles. The number of hydrogen-bond donors (Lipinski definition) is 0. The molecule has 2 rings (SSSR count). The van der Waals surface area contributed by atoms with Crippen molar-refractivity contribution in [1.29, 1.82) is 0 Å². The molecule has 0 amide bonds. The van der Waals surface area contributed by atoms with Crippen molar-refractivity contribution in [1.82, 2.24) is 4.98 Å². The second kappa shape index (κ2) is 4.85. The Labute approximate surface area is 109 Å². The van der Waals surface area contributed by atoms with Gasteiger partial charge in [-0.2, -0.15) is 0 Å². The highest BCUT2D eigenvalue weighted by Crippen LogP contribution is 2.33. The molecule has 1 aliphatic rings. The summed E-state index contributed by atoms with van der Waals surface area (Å²) in [5.74, 6) is 1.67. The van der Waals surface area contributed by atoms with E-state index in [1.807, 2.05) is 0 Å². The predicted octanol–water partition coefficient (Wildman–Crippen LogP) is 3.76. The molecule has 3 heteroatoms. The van der Waals surface area contributed by atoms with Crippen molar-refractivity contribution in [3.8, 4) is 0 Å². The van der Waals surface area contributed by atoms with Crippen LogP contribution in [0.15, 0.2) is 12.1 Å². The van der Waals surface area contributed by atoms with Crippen LogP contribution in [0.4, 0.5) is 5.82 Å². The van der Waals surface area contributed by atoms with Crippen molar-refractivity contribution in [2.45, 2.75) is 51.5 Å². The topological polar surface area (TPSA) is 16.1 Å². The minimum Gasteiger partial charge on any atom is -0.351 e. The van der Waals surface area contributed by atoms with Crippen LogP contribution in [0.3, 0.4) is 0 Å². The second-order valence-electron chi connectivity index (χ2n) is 5.38. The van der Waals surface area contributed by atoms with Crippen molar-refractivity contribution in [2.24, 2.45) is 0 Å². The number of nitrogens with zero attached hydrogens (tertiary/aromatic N) is 2. The molecule has 2 heterocycles. The molecule has 0 unspecified atom stereocenters. The number of pyridine rings is 1. The Balaban J connectivity index is 2.37. The molecule has 17 heavy (non-hydrogen) atoms. The number of alkyl halides is 1. The van der Waals surface area contributed by atoms with E-state index in [1.165, 1.54) is 18.4 Å². The van der Waals surface area contributed by atoms with Gasteiger partial charge in [-0.15, -0.1) is 11.6 Å². The molecule has 0 aromatic carbocycles. The van der Waals surface area contributed by atoms with Gasteiger partial charge in [0.2, 0.25) is 0 Å². The van der Waals surface area contributed by atoms with Gasteiger partial charge in [0.05, 0.1) is 0 Å². The Morgan fingerprint density at radius 3 is 2.71 bits per heavy atom. The minimum atomic E-state index is 0.225. The van der Waals surface area contributed by atoms with Crippen molar-refractivity contribution in [3.05, 3.63) is 23.4 Å². The fraction of sp³-hybridized carbons (Fsp3) is 0.643. The monoisotopic (exact) mass is 252 g/mol. The summed E-state index contributed by atoms with van der Waals surface area (Å²) in [6.07, 6.45) is 3.45. The summed E-state index contributed by atoms with van der Waals surface area (Å²) < 4.78 is 0. The molecule has 0 saturated carbocycles. The lowest BCUT2D eigenvalue weighted by Gasteiger charge is -2.33. The van der Waals surface area contributed by atoms with Crippen LogP contribution in [0.2, 0.25) is 0 Å². The van der Waals surface area contributed by atoms with E-state index in [1.54, 1.807) is 0 Å². The molecule has 1 aromatic rings. The first-order chi connectivity index (χ1) is 8.06. The van der Waals surface area contributed by atoms with Gasteiger partial charge in [-0.1, -0.05) is 6.92 Å². The molecule has 0 atom stereocenters. The van der Waals surface area contributed by atoms with Gasteiger partial charge in [-0.25, -0.2) is 4.98 Å². The number of anilines is 1. The van der Waals surface area contributed by atoms with Gasteiger partial charge in [0.25, 0.3) is 0 Å². The van der Waals surface area contributed by atoms with Gasteiger partial charge in [-0.05, 0) is 50.8 Å². The van der Waals surface area contributed by atoms with Crippen LogP contribution in [0, 0.1) is 0 Å². The highest BCUT2D eigenvalue weighted by Gasteiger charge is 2.32. The maximum atomic E-state index is 5.96. The van der Waals surface area contributed by atoms with E-state index in [-0.39, 0.29) is 5.54 Å². The zero-order chi connectivity index (χ0) is 12.5. The van der Waals surface area contributed by atoms with Crippen LogP contribution < -0.4 is 4.90 Å². The van der Waals surface area contributed by atoms with Crippen LogP contribution in [-0.4, -0.2) is 17.1 Å². The fourth-order valence-corrected chi connectivity index (χ4v) is 2.72. The van der Waals surface area contributed by atoms with Gasteiger partial charge >= 0.3 is 0 Å². The Morgan fingerprint density at radius 1 is 1.41 bits per heavy atom. The molecule has 0 bridgehead atoms. The van der Waals surface area contributed by atoms with E-state index in [0.29, 0.717) is 5.88 Å². The SMILES string of the molecule is CCc1cc(CCl)cc(N2CCCC2(C)C)n1. The summed E-state index contributed by atoms with van der Waals surface area (Å²) >= 11 is 5.96. The highest BCUT2D eigenvalue weighted by atomic mass is 35.5. The summed E-state index contributed by atoms with van der Waals surface area (Å²) in [6, 6.07) is 4.25. The van der Waals surface area contributed by atoms with Crippen LogP contribution in [0.5, 0.6) is 0 Å². The third-order valence-corrected chi connectivity index (χ3v) is 3.93. The van der Waals surface area contributed by atoms with Gasteiger partial charge < -0.3 is 4.90 Å². The first-order valence-electron chi connectivity index (χ1n) is 6.40. The molecular formula is C14H21ClN2. The molecule has 0 N–H and O–H groups in total. The molecule has 1 fully saturated rings. The molecule has 2 nitrogen and oxygen atoms in total. The Hall–Kier alpha value is -0.760. The van der Waals surface area contributed by atoms with Crippen LogP contribution in [-0.2, 0) is 12.3 Å². The maximum Gasteiger partial charge on any atom is 0.129 e. The third kappa shape index (κ3) is 2.57. The zero-order valence-electron chi connectivity index (χ0n) is 11.0. The summed E-state index contributed by atoms with van der Waals surface area (Å²) in [7, 11) is 0.